The Bertz CT molecular complexity index is 1200. The molecule has 0 fully saturated rings. The van der Waals surface area contributed by atoms with Crippen LogP contribution >= 0.6 is 0 Å². The molecule has 0 aliphatic rings. The smallest absolute Gasteiger partial charge is 0.453 e. The van der Waals surface area contributed by atoms with Crippen molar-refractivity contribution < 1.29 is 22.6 Å². The van der Waals surface area contributed by atoms with Gasteiger partial charge in [-0.15, -0.1) is 15.3 Å². The van der Waals surface area contributed by atoms with Gasteiger partial charge in [-0.2, -0.15) is 17.7 Å². The first-order valence-corrected chi connectivity index (χ1v) is 9.06. The number of nitrogens with zero attached hydrogens (tertiary/aromatic N) is 6. The molecule has 0 saturated carbocycles. The molecule has 0 radical (unpaired) electrons. The van der Waals surface area contributed by atoms with Gasteiger partial charge in [0.15, 0.2) is 5.65 Å². The van der Waals surface area contributed by atoms with Gasteiger partial charge in [-0.1, -0.05) is 0 Å². The number of rotatable bonds is 6. The normalized spacial score (nSPS) is 12.7. The van der Waals surface area contributed by atoms with Crippen molar-refractivity contribution in [2.45, 2.75) is 12.2 Å². The number of imidazole rings is 1. The average Bonchev–Trinajstić information content (AvgIpc) is 3.37. The number of benzene rings is 1. The molecule has 1 aromatic carbocycles. The van der Waals surface area contributed by atoms with Gasteiger partial charge in [-0.25, -0.2) is 4.98 Å². The van der Waals surface area contributed by atoms with Crippen LogP contribution in [0.25, 0.3) is 5.65 Å². The number of halogens is 3. The quantitative estimate of drug-likeness (QED) is 0.500. The van der Waals surface area contributed by atoms with Gasteiger partial charge in [0.05, 0.1) is 14.2 Å². The van der Waals surface area contributed by atoms with E-state index >= 15 is 0 Å². The molecular formula is C19H18F3N7O2. The molecule has 0 saturated heterocycles. The molecule has 9 nitrogen and oxygen atoms in total. The molecule has 4 rings (SSSR count). The second-order valence-electron chi connectivity index (χ2n) is 6.63. The molecule has 3 aromatic heterocycles. The van der Waals surface area contributed by atoms with E-state index in [1.165, 1.54) is 26.4 Å². The minimum Gasteiger partial charge on any atom is -0.497 e. The monoisotopic (exact) mass is 433 g/mol. The van der Waals surface area contributed by atoms with Gasteiger partial charge < -0.3 is 19.4 Å². The highest BCUT2D eigenvalue weighted by Gasteiger charge is 2.37. The van der Waals surface area contributed by atoms with E-state index in [-0.39, 0.29) is 11.5 Å². The Kier molecular flexibility index (Phi) is 5.13. The molecule has 162 valence electrons. The van der Waals surface area contributed by atoms with Gasteiger partial charge in [-0.3, -0.25) is 0 Å². The fraction of sp³-hybridized carbons (Fsp3) is 0.263. The van der Waals surface area contributed by atoms with Crippen LogP contribution in [0.4, 0.5) is 19.0 Å². The van der Waals surface area contributed by atoms with Crippen molar-refractivity contribution in [1.29, 1.82) is 0 Å². The maximum Gasteiger partial charge on any atom is 0.453 e. The van der Waals surface area contributed by atoms with E-state index in [9.17, 15) is 13.2 Å². The molecule has 1 atom stereocenters. The number of anilines is 1. The highest BCUT2D eigenvalue weighted by atomic mass is 19.4. The number of alkyl halides is 3. The number of methoxy groups -OCH3 is 2. The molecule has 0 unspecified atom stereocenters. The average molecular weight is 433 g/mol. The lowest BCUT2D eigenvalue weighted by molar-refractivity contribution is -0.146. The molecule has 3 heterocycles. The minimum absolute atomic E-state index is 0.0190. The van der Waals surface area contributed by atoms with Crippen molar-refractivity contribution in [3.63, 3.8) is 0 Å². The second kappa shape index (κ2) is 7.78. The third-order valence-corrected chi connectivity index (χ3v) is 4.63. The summed E-state index contributed by atoms with van der Waals surface area (Å²) in [6.45, 7) is 0. The lowest BCUT2D eigenvalue weighted by Crippen LogP contribution is -2.19. The van der Waals surface area contributed by atoms with Crippen molar-refractivity contribution in [2.75, 3.05) is 19.5 Å². The number of nitrogens with one attached hydrogen (secondary N) is 1. The Balaban J connectivity index is 1.80. The van der Waals surface area contributed by atoms with E-state index in [2.05, 4.69) is 25.6 Å². The van der Waals surface area contributed by atoms with Gasteiger partial charge in [0.1, 0.15) is 29.2 Å². The van der Waals surface area contributed by atoms with Crippen molar-refractivity contribution in [3.05, 3.63) is 59.9 Å². The third-order valence-electron chi connectivity index (χ3n) is 4.63. The summed E-state index contributed by atoms with van der Waals surface area (Å²) < 4.78 is 52.8. The summed E-state index contributed by atoms with van der Waals surface area (Å²) in [5.74, 6) is 0.682. The van der Waals surface area contributed by atoms with Crippen LogP contribution in [0.5, 0.6) is 11.5 Å². The number of hydrogen-bond donors (Lipinski definition) is 1. The highest BCUT2D eigenvalue weighted by molar-refractivity contribution is 5.49. The topological polar surface area (TPSA) is 91.4 Å². The largest absolute Gasteiger partial charge is 0.497 e. The Morgan fingerprint density at radius 1 is 1.03 bits per heavy atom. The molecule has 12 heteroatoms. The number of aromatic nitrogens is 6. The van der Waals surface area contributed by atoms with Crippen LogP contribution in [0.2, 0.25) is 0 Å². The van der Waals surface area contributed by atoms with Gasteiger partial charge in [0.2, 0.25) is 0 Å². The van der Waals surface area contributed by atoms with E-state index in [1.54, 1.807) is 35.2 Å². The zero-order valence-corrected chi connectivity index (χ0v) is 16.8. The second-order valence-corrected chi connectivity index (χ2v) is 6.63. The molecule has 0 aliphatic heterocycles. The molecule has 4 aromatic rings. The van der Waals surface area contributed by atoms with Crippen molar-refractivity contribution in [2.24, 2.45) is 7.05 Å². The van der Waals surface area contributed by atoms with Crippen LogP contribution < -0.4 is 14.8 Å². The molecule has 1 N–H and O–H groups in total. The van der Waals surface area contributed by atoms with Gasteiger partial charge in [-0.05, 0) is 29.8 Å². The maximum absolute atomic E-state index is 13.2. The molecular weight excluding hydrogens is 415 g/mol. The van der Waals surface area contributed by atoms with E-state index in [4.69, 9.17) is 9.47 Å². The summed E-state index contributed by atoms with van der Waals surface area (Å²) in [7, 11) is 4.87. The summed E-state index contributed by atoms with van der Waals surface area (Å²) in [4.78, 5) is 4.39. The Labute approximate surface area is 174 Å². The van der Waals surface area contributed by atoms with E-state index < -0.39 is 18.0 Å². The van der Waals surface area contributed by atoms with E-state index in [0.29, 0.717) is 27.4 Å². The standard InChI is InChI=1S/C19H18F3N7O2/c1-28-7-6-23-17(28)16(11-8-12(30-2)10-13(9-11)31-3)24-14-4-5-15-25-26-18(19(20,21)22)29(15)27-14/h4-10,16H,1-3H3,(H,24,27)/t16-/m0/s1. The molecule has 0 aliphatic carbocycles. The van der Waals surface area contributed by atoms with Gasteiger partial charge in [0.25, 0.3) is 5.82 Å². The van der Waals surface area contributed by atoms with Crippen LogP contribution in [-0.4, -0.2) is 43.6 Å². The fourth-order valence-electron chi connectivity index (χ4n) is 3.14. The zero-order chi connectivity index (χ0) is 22.2. The molecule has 0 amide bonds. The van der Waals surface area contributed by atoms with Crippen LogP contribution in [0.15, 0.2) is 42.7 Å². The first-order chi connectivity index (χ1) is 14.8. The summed E-state index contributed by atoms with van der Waals surface area (Å²) >= 11 is 0. The third kappa shape index (κ3) is 3.96. The Morgan fingerprint density at radius 3 is 2.32 bits per heavy atom. The number of aryl methyl sites for hydroxylation is 1. The Hall–Kier alpha value is -3.83. The molecule has 31 heavy (non-hydrogen) atoms. The maximum atomic E-state index is 13.2. The number of ether oxygens (including phenoxy) is 2. The summed E-state index contributed by atoms with van der Waals surface area (Å²) in [6, 6.07) is 7.65. The van der Waals surface area contributed by atoms with Crippen molar-refractivity contribution in [3.8, 4) is 11.5 Å². The van der Waals surface area contributed by atoms with Gasteiger partial charge >= 0.3 is 6.18 Å². The predicted octanol–water partition coefficient (Wildman–Crippen LogP) is 3.10. The van der Waals surface area contributed by atoms with E-state index in [1.807, 2.05) is 7.05 Å². The van der Waals surface area contributed by atoms with Crippen LogP contribution in [0.3, 0.4) is 0 Å². The van der Waals surface area contributed by atoms with Crippen molar-refractivity contribution in [1.82, 2.24) is 29.4 Å². The summed E-state index contributed by atoms with van der Waals surface area (Å²) in [5, 5.41) is 13.9. The molecule has 0 spiro atoms. The predicted molar refractivity (Wildman–Crippen MR) is 104 cm³/mol. The van der Waals surface area contributed by atoms with E-state index in [0.717, 1.165) is 0 Å². The summed E-state index contributed by atoms with van der Waals surface area (Å²) in [5.41, 5.74) is 0.696. The lowest BCUT2D eigenvalue weighted by atomic mass is 10.0. The minimum atomic E-state index is -4.69. The van der Waals surface area contributed by atoms with Crippen LogP contribution in [-0.2, 0) is 13.2 Å². The first-order valence-electron chi connectivity index (χ1n) is 9.06. The lowest BCUT2D eigenvalue weighted by Gasteiger charge is -2.21. The number of hydrogen-bond acceptors (Lipinski definition) is 7. The Morgan fingerprint density at radius 2 is 1.74 bits per heavy atom. The first kappa shape index (κ1) is 20.4. The van der Waals surface area contributed by atoms with Crippen LogP contribution in [0.1, 0.15) is 23.3 Å². The highest BCUT2D eigenvalue weighted by Crippen LogP contribution is 2.32. The van der Waals surface area contributed by atoms with Crippen LogP contribution in [0, 0.1) is 0 Å². The van der Waals surface area contributed by atoms with Crippen molar-refractivity contribution >= 4 is 11.5 Å². The van der Waals surface area contributed by atoms with Gasteiger partial charge in [0, 0.05) is 25.5 Å². The SMILES string of the molecule is COc1cc(OC)cc([C@H](Nc2ccc3nnc(C(F)(F)F)n3n2)c2nccn2C)c1. The zero-order valence-electron chi connectivity index (χ0n) is 16.8. The summed E-state index contributed by atoms with van der Waals surface area (Å²) in [6.07, 6.45) is -1.30. The fourth-order valence-corrected chi connectivity index (χ4v) is 3.14. The number of fused-ring (bicyclic) bond motifs is 1. The molecule has 0 bridgehead atoms.